The van der Waals surface area contributed by atoms with Crippen LogP contribution < -0.4 is 4.74 Å². The van der Waals surface area contributed by atoms with E-state index >= 15 is 0 Å². The zero-order valence-electron chi connectivity index (χ0n) is 25.3. The summed E-state index contributed by atoms with van der Waals surface area (Å²) in [5.74, 6) is 0.961. The van der Waals surface area contributed by atoms with Crippen LogP contribution in [0.5, 0.6) is 5.75 Å². The fourth-order valence-electron chi connectivity index (χ4n) is 8.67. The molecule has 0 bridgehead atoms. The van der Waals surface area contributed by atoms with Gasteiger partial charge in [0.25, 0.3) is 0 Å². The lowest BCUT2D eigenvalue weighted by molar-refractivity contribution is 0.165. The summed E-state index contributed by atoms with van der Waals surface area (Å²) in [6.45, 7) is 4.72. The summed E-state index contributed by atoms with van der Waals surface area (Å²) < 4.78 is 7.62. The SMILES string of the molecule is CC1(C)c2ccccc2-c2c1c1c(c3ccccc23)OC(c2ccccc2)(c2ccc3c4c(cccc24)-c2ccccc2-3)C=C1. The number of benzene rings is 7. The van der Waals surface area contributed by atoms with Crippen molar-refractivity contribution >= 4 is 27.6 Å². The first kappa shape index (κ1) is 25.0. The van der Waals surface area contributed by atoms with Crippen LogP contribution in [0.4, 0.5) is 0 Å². The first-order valence-electron chi connectivity index (χ1n) is 15.9. The third kappa shape index (κ3) is 3.08. The lowest BCUT2D eigenvalue weighted by Crippen LogP contribution is -2.35. The Bertz CT molecular complexity index is 2400. The Morgan fingerprint density at radius 2 is 1.11 bits per heavy atom. The van der Waals surface area contributed by atoms with Crippen LogP contribution in [0.1, 0.15) is 41.7 Å². The Morgan fingerprint density at radius 3 is 1.91 bits per heavy atom. The third-order valence-electron chi connectivity index (χ3n) is 10.6. The van der Waals surface area contributed by atoms with Gasteiger partial charge in [0.05, 0.1) is 0 Å². The lowest BCUT2D eigenvalue weighted by Gasteiger charge is -2.39. The van der Waals surface area contributed by atoms with E-state index in [-0.39, 0.29) is 5.41 Å². The Kier molecular flexibility index (Phi) is 4.78. The highest BCUT2D eigenvalue weighted by molar-refractivity contribution is 6.16. The van der Waals surface area contributed by atoms with Crippen molar-refractivity contribution in [2.45, 2.75) is 24.9 Å². The number of rotatable bonds is 2. The summed E-state index contributed by atoms with van der Waals surface area (Å²) in [4.78, 5) is 0. The van der Waals surface area contributed by atoms with Crippen molar-refractivity contribution in [3.8, 4) is 39.1 Å². The summed E-state index contributed by atoms with van der Waals surface area (Å²) >= 11 is 0. The lowest BCUT2D eigenvalue weighted by atomic mass is 9.76. The average molecular weight is 575 g/mol. The zero-order chi connectivity index (χ0) is 29.9. The van der Waals surface area contributed by atoms with Crippen LogP contribution in [0, 0.1) is 0 Å². The minimum atomic E-state index is -0.813. The van der Waals surface area contributed by atoms with Gasteiger partial charge in [0.1, 0.15) is 5.75 Å². The molecule has 0 spiro atoms. The van der Waals surface area contributed by atoms with Crippen LogP contribution in [-0.4, -0.2) is 0 Å². The van der Waals surface area contributed by atoms with Gasteiger partial charge in [-0.05, 0) is 66.7 Å². The highest BCUT2D eigenvalue weighted by Crippen LogP contribution is 2.59. The zero-order valence-corrected chi connectivity index (χ0v) is 25.3. The Labute approximate surface area is 263 Å². The Hall–Kier alpha value is -5.40. The van der Waals surface area contributed by atoms with Crippen LogP contribution in [0.3, 0.4) is 0 Å². The summed E-state index contributed by atoms with van der Waals surface area (Å²) in [6.07, 6.45) is 4.69. The van der Waals surface area contributed by atoms with E-state index in [4.69, 9.17) is 4.74 Å². The first-order chi connectivity index (χ1) is 22.1. The van der Waals surface area contributed by atoms with Gasteiger partial charge < -0.3 is 4.74 Å². The van der Waals surface area contributed by atoms with E-state index in [1.54, 1.807) is 0 Å². The third-order valence-corrected chi connectivity index (χ3v) is 10.6. The molecule has 212 valence electrons. The molecule has 1 unspecified atom stereocenters. The van der Waals surface area contributed by atoms with Gasteiger partial charge in [-0.25, -0.2) is 0 Å². The van der Waals surface area contributed by atoms with Crippen molar-refractivity contribution in [3.05, 3.63) is 167 Å². The first-order valence-corrected chi connectivity index (χ1v) is 15.9. The van der Waals surface area contributed by atoms with E-state index in [2.05, 4.69) is 159 Å². The van der Waals surface area contributed by atoms with Crippen LogP contribution in [0.2, 0.25) is 0 Å². The molecule has 1 nitrogen and oxygen atoms in total. The Morgan fingerprint density at radius 1 is 0.489 bits per heavy atom. The van der Waals surface area contributed by atoms with Crippen molar-refractivity contribution in [2.75, 3.05) is 0 Å². The molecule has 1 heteroatoms. The second-order valence-electron chi connectivity index (χ2n) is 13.2. The molecule has 0 N–H and O–H groups in total. The molecule has 1 aliphatic heterocycles. The second kappa shape index (κ2) is 8.61. The van der Waals surface area contributed by atoms with Gasteiger partial charge in [-0.2, -0.15) is 0 Å². The monoisotopic (exact) mass is 574 g/mol. The van der Waals surface area contributed by atoms with Crippen molar-refractivity contribution in [2.24, 2.45) is 0 Å². The quantitative estimate of drug-likeness (QED) is 0.200. The van der Waals surface area contributed by atoms with Crippen LogP contribution in [-0.2, 0) is 11.0 Å². The minimum absolute atomic E-state index is 0.158. The summed E-state index contributed by atoms with van der Waals surface area (Å²) in [6, 6.07) is 48.6. The van der Waals surface area contributed by atoms with E-state index in [9.17, 15) is 0 Å². The topological polar surface area (TPSA) is 9.23 Å². The number of hydrogen-bond donors (Lipinski definition) is 0. The molecule has 10 rings (SSSR count). The molecule has 2 aliphatic carbocycles. The van der Waals surface area contributed by atoms with E-state index in [1.807, 2.05) is 0 Å². The molecule has 1 heterocycles. The molecule has 0 aromatic heterocycles. The smallest absolute Gasteiger partial charge is 0.178 e. The molecule has 3 aliphatic rings. The predicted octanol–water partition coefficient (Wildman–Crippen LogP) is 11.3. The fraction of sp³-hybridized carbons (Fsp3) is 0.0909. The van der Waals surface area contributed by atoms with Gasteiger partial charge in [0, 0.05) is 27.5 Å². The van der Waals surface area contributed by atoms with E-state index in [0.717, 1.165) is 22.3 Å². The molecule has 7 aromatic rings. The van der Waals surface area contributed by atoms with Crippen LogP contribution >= 0.6 is 0 Å². The standard InChI is InChI=1S/C44H30O/c1-43(2)37-22-11-10-19-34(37)40-31-17-8-9-18-33(31)42-36(41(40)43)25-26-44(45-42,27-13-4-3-5-14-27)38-24-23-32-29-16-7-6-15-28(29)30-20-12-21-35(38)39(30)32/h3-26H,1-2H3. The highest BCUT2D eigenvalue weighted by atomic mass is 16.5. The van der Waals surface area contributed by atoms with Gasteiger partial charge >= 0.3 is 0 Å². The summed E-state index contributed by atoms with van der Waals surface area (Å²) in [5.41, 5.74) is 13.1. The van der Waals surface area contributed by atoms with Crippen LogP contribution in [0.15, 0.2) is 140 Å². The maximum Gasteiger partial charge on any atom is 0.178 e. The van der Waals surface area contributed by atoms with Gasteiger partial charge in [0.2, 0.25) is 0 Å². The number of fused-ring (bicyclic) bond motifs is 11. The van der Waals surface area contributed by atoms with Crippen molar-refractivity contribution in [1.29, 1.82) is 0 Å². The molecule has 0 amide bonds. The Balaban J connectivity index is 1.29. The highest BCUT2D eigenvalue weighted by Gasteiger charge is 2.45. The average Bonchev–Trinajstić information content (AvgIpc) is 3.55. The normalized spacial score (nSPS) is 17.9. The predicted molar refractivity (Wildman–Crippen MR) is 187 cm³/mol. The van der Waals surface area contributed by atoms with E-state index in [0.29, 0.717) is 0 Å². The number of hydrogen-bond acceptors (Lipinski definition) is 1. The van der Waals surface area contributed by atoms with Gasteiger partial charge in [-0.3, -0.25) is 0 Å². The molecule has 7 aromatic carbocycles. The molecule has 0 fully saturated rings. The molecular formula is C44H30O. The minimum Gasteiger partial charge on any atom is -0.472 e. The fourth-order valence-corrected chi connectivity index (χ4v) is 8.67. The van der Waals surface area contributed by atoms with E-state index < -0.39 is 5.60 Å². The number of ether oxygens (including phenoxy) is 1. The summed E-state index contributed by atoms with van der Waals surface area (Å²) in [5, 5.41) is 4.94. The van der Waals surface area contributed by atoms with Crippen molar-refractivity contribution in [1.82, 2.24) is 0 Å². The van der Waals surface area contributed by atoms with Crippen LogP contribution in [0.25, 0.3) is 61.0 Å². The summed E-state index contributed by atoms with van der Waals surface area (Å²) in [7, 11) is 0. The van der Waals surface area contributed by atoms with Crippen molar-refractivity contribution in [3.63, 3.8) is 0 Å². The second-order valence-corrected chi connectivity index (χ2v) is 13.2. The maximum absolute atomic E-state index is 7.62. The molecule has 0 saturated carbocycles. The molecular weight excluding hydrogens is 544 g/mol. The van der Waals surface area contributed by atoms with Gasteiger partial charge in [-0.15, -0.1) is 0 Å². The molecule has 45 heavy (non-hydrogen) atoms. The molecule has 1 atom stereocenters. The molecule has 0 radical (unpaired) electrons. The van der Waals surface area contributed by atoms with Crippen molar-refractivity contribution < 1.29 is 4.74 Å². The molecule has 0 saturated heterocycles. The largest absolute Gasteiger partial charge is 0.472 e. The van der Waals surface area contributed by atoms with E-state index in [1.165, 1.54) is 66.2 Å². The van der Waals surface area contributed by atoms with Gasteiger partial charge in [-0.1, -0.05) is 153 Å². The van der Waals surface area contributed by atoms with Gasteiger partial charge in [0.15, 0.2) is 5.60 Å². The maximum atomic E-state index is 7.62.